The van der Waals surface area contributed by atoms with Crippen molar-refractivity contribution < 1.29 is 0 Å². The number of nitrogens with one attached hydrogen (secondary N) is 1. The number of aromatic nitrogens is 1. The quantitative estimate of drug-likeness (QED) is 0.834. The summed E-state index contributed by atoms with van der Waals surface area (Å²) >= 11 is 8.00. The van der Waals surface area contributed by atoms with E-state index in [4.69, 9.17) is 11.6 Å². The summed E-state index contributed by atoms with van der Waals surface area (Å²) in [6.07, 6.45) is 3.29. The van der Waals surface area contributed by atoms with Crippen LogP contribution in [0.25, 0.3) is 0 Å². The molecule has 0 aliphatic rings. The molecule has 1 N–H and O–H groups in total. The van der Waals surface area contributed by atoms with Crippen LogP contribution in [0.4, 0.5) is 5.82 Å². The number of hydrogen-bond acceptors (Lipinski definition) is 4. The Labute approximate surface area is 119 Å². The summed E-state index contributed by atoms with van der Waals surface area (Å²) in [6, 6.07) is 4.39. The molecule has 102 valence electrons. The Bertz CT molecular complexity index is 373. The van der Waals surface area contributed by atoms with Gasteiger partial charge in [-0.25, -0.2) is 4.98 Å². The second-order valence-electron chi connectivity index (χ2n) is 4.37. The third-order valence-corrected chi connectivity index (χ3v) is 4.00. The van der Waals surface area contributed by atoms with Gasteiger partial charge in [-0.15, -0.1) is 0 Å². The average molecular weight is 288 g/mol. The van der Waals surface area contributed by atoms with Crippen LogP contribution < -0.4 is 10.2 Å². The highest BCUT2D eigenvalue weighted by Crippen LogP contribution is 2.21. The molecule has 18 heavy (non-hydrogen) atoms. The molecular formula is C13H22ClN3S. The highest BCUT2D eigenvalue weighted by Gasteiger charge is 2.12. The lowest BCUT2D eigenvalue weighted by Crippen LogP contribution is -2.30. The van der Waals surface area contributed by atoms with E-state index >= 15 is 0 Å². The van der Waals surface area contributed by atoms with Gasteiger partial charge in [-0.1, -0.05) is 11.6 Å². The zero-order valence-corrected chi connectivity index (χ0v) is 13.1. The summed E-state index contributed by atoms with van der Waals surface area (Å²) < 4.78 is 0. The van der Waals surface area contributed by atoms with Gasteiger partial charge >= 0.3 is 0 Å². The molecule has 1 rings (SSSR count). The molecule has 3 nitrogen and oxygen atoms in total. The fourth-order valence-electron chi connectivity index (χ4n) is 1.67. The fourth-order valence-corrected chi connectivity index (χ4v) is 2.42. The Morgan fingerprint density at radius 2 is 2.22 bits per heavy atom. The van der Waals surface area contributed by atoms with Gasteiger partial charge in [0.15, 0.2) is 0 Å². The molecule has 0 aromatic carbocycles. The lowest BCUT2D eigenvalue weighted by atomic mass is 10.2. The zero-order valence-electron chi connectivity index (χ0n) is 11.5. The van der Waals surface area contributed by atoms with Crippen LogP contribution in [-0.2, 0) is 6.54 Å². The van der Waals surface area contributed by atoms with Gasteiger partial charge in [-0.3, -0.25) is 0 Å². The zero-order chi connectivity index (χ0) is 13.5. The first-order valence-electron chi connectivity index (χ1n) is 6.12. The second-order valence-corrected chi connectivity index (χ2v) is 5.76. The number of pyridine rings is 1. The van der Waals surface area contributed by atoms with Gasteiger partial charge in [0.1, 0.15) is 5.82 Å². The first-order chi connectivity index (χ1) is 8.60. The van der Waals surface area contributed by atoms with Crippen molar-refractivity contribution in [1.29, 1.82) is 0 Å². The standard InChI is InChI=1S/C13H22ClN3S/c1-10(7-8-18-4)17(3)13-6-5-11(14)12(16-13)9-15-2/h5-6,10,15H,7-9H2,1-4H3. The molecule has 1 atom stereocenters. The van der Waals surface area contributed by atoms with Crippen molar-refractivity contribution in [3.05, 3.63) is 22.8 Å². The summed E-state index contributed by atoms with van der Waals surface area (Å²) in [5.41, 5.74) is 0.903. The van der Waals surface area contributed by atoms with Gasteiger partial charge in [0.05, 0.1) is 10.7 Å². The summed E-state index contributed by atoms with van der Waals surface area (Å²) in [6.45, 7) is 2.92. The minimum absolute atomic E-state index is 0.480. The Kier molecular flexibility index (Phi) is 6.82. The topological polar surface area (TPSA) is 28.2 Å². The van der Waals surface area contributed by atoms with Crippen molar-refractivity contribution in [3.8, 4) is 0 Å². The van der Waals surface area contributed by atoms with Gasteiger partial charge in [0, 0.05) is 19.6 Å². The maximum Gasteiger partial charge on any atom is 0.128 e. The molecule has 0 spiro atoms. The van der Waals surface area contributed by atoms with E-state index in [0.29, 0.717) is 12.6 Å². The van der Waals surface area contributed by atoms with Crippen LogP contribution in [0.5, 0.6) is 0 Å². The van der Waals surface area contributed by atoms with Gasteiger partial charge < -0.3 is 10.2 Å². The van der Waals surface area contributed by atoms with Crippen LogP contribution in [0, 0.1) is 0 Å². The van der Waals surface area contributed by atoms with Crippen LogP contribution in [0.15, 0.2) is 12.1 Å². The van der Waals surface area contributed by atoms with E-state index in [1.54, 1.807) is 0 Å². The third-order valence-electron chi connectivity index (χ3n) is 3.01. The van der Waals surface area contributed by atoms with E-state index in [1.807, 2.05) is 30.9 Å². The predicted molar refractivity (Wildman–Crippen MR) is 82.9 cm³/mol. The molecule has 0 amide bonds. The molecule has 0 bridgehead atoms. The number of anilines is 1. The second kappa shape index (κ2) is 7.87. The van der Waals surface area contributed by atoms with Gasteiger partial charge in [-0.05, 0) is 44.5 Å². The predicted octanol–water partition coefficient (Wildman–Crippen LogP) is 3.03. The maximum atomic E-state index is 6.12. The normalized spacial score (nSPS) is 12.5. The van der Waals surface area contributed by atoms with E-state index in [-0.39, 0.29) is 0 Å². The molecule has 1 heterocycles. The number of nitrogens with zero attached hydrogens (tertiary/aromatic N) is 2. The number of thioether (sulfide) groups is 1. The minimum Gasteiger partial charge on any atom is -0.357 e. The van der Waals surface area contributed by atoms with Crippen molar-refractivity contribution in [1.82, 2.24) is 10.3 Å². The number of halogens is 1. The van der Waals surface area contributed by atoms with Crippen molar-refractivity contribution in [2.24, 2.45) is 0 Å². The monoisotopic (exact) mass is 287 g/mol. The van der Waals surface area contributed by atoms with E-state index in [0.717, 1.165) is 23.0 Å². The Balaban J connectivity index is 2.78. The van der Waals surface area contributed by atoms with Crippen molar-refractivity contribution in [2.75, 3.05) is 31.0 Å². The smallest absolute Gasteiger partial charge is 0.128 e. The first-order valence-corrected chi connectivity index (χ1v) is 7.89. The molecule has 0 aliphatic carbocycles. The van der Waals surface area contributed by atoms with Gasteiger partial charge in [0.25, 0.3) is 0 Å². The van der Waals surface area contributed by atoms with E-state index < -0.39 is 0 Å². The Morgan fingerprint density at radius 3 is 2.83 bits per heavy atom. The Morgan fingerprint density at radius 1 is 1.50 bits per heavy atom. The highest BCUT2D eigenvalue weighted by atomic mass is 35.5. The molecule has 0 saturated carbocycles. The van der Waals surface area contributed by atoms with E-state index in [2.05, 4.69) is 35.4 Å². The third kappa shape index (κ3) is 4.34. The Hall–Kier alpha value is -0.450. The molecule has 1 aromatic rings. The van der Waals surface area contributed by atoms with Crippen LogP contribution >= 0.6 is 23.4 Å². The molecule has 5 heteroatoms. The summed E-state index contributed by atoms with van der Waals surface area (Å²) in [5.74, 6) is 2.15. The highest BCUT2D eigenvalue weighted by molar-refractivity contribution is 7.98. The van der Waals surface area contributed by atoms with Crippen molar-refractivity contribution in [2.45, 2.75) is 25.9 Å². The lowest BCUT2D eigenvalue weighted by molar-refractivity contribution is 0.659. The van der Waals surface area contributed by atoms with Crippen LogP contribution in [-0.4, -0.2) is 37.1 Å². The van der Waals surface area contributed by atoms with E-state index in [1.165, 1.54) is 5.75 Å². The van der Waals surface area contributed by atoms with Crippen molar-refractivity contribution >= 4 is 29.2 Å². The number of rotatable bonds is 7. The number of hydrogen-bond donors (Lipinski definition) is 1. The molecule has 0 saturated heterocycles. The molecule has 0 radical (unpaired) electrons. The van der Waals surface area contributed by atoms with Crippen LogP contribution in [0.2, 0.25) is 5.02 Å². The van der Waals surface area contributed by atoms with Crippen molar-refractivity contribution in [3.63, 3.8) is 0 Å². The lowest BCUT2D eigenvalue weighted by Gasteiger charge is -2.26. The first kappa shape index (κ1) is 15.6. The molecule has 0 fully saturated rings. The van der Waals surface area contributed by atoms with Gasteiger partial charge in [-0.2, -0.15) is 11.8 Å². The summed E-state index contributed by atoms with van der Waals surface area (Å²) in [5, 5.41) is 3.81. The minimum atomic E-state index is 0.480. The molecular weight excluding hydrogens is 266 g/mol. The molecule has 0 aliphatic heterocycles. The van der Waals surface area contributed by atoms with Gasteiger partial charge in [0.2, 0.25) is 0 Å². The van der Waals surface area contributed by atoms with E-state index in [9.17, 15) is 0 Å². The van der Waals surface area contributed by atoms with Crippen LogP contribution in [0.1, 0.15) is 19.0 Å². The fraction of sp³-hybridized carbons (Fsp3) is 0.615. The maximum absolute atomic E-state index is 6.12. The average Bonchev–Trinajstić information content (AvgIpc) is 2.38. The summed E-state index contributed by atoms with van der Waals surface area (Å²) in [4.78, 5) is 6.83. The largest absolute Gasteiger partial charge is 0.357 e. The molecule has 1 unspecified atom stereocenters. The molecule has 1 aromatic heterocycles. The van der Waals surface area contributed by atoms with Crippen LogP contribution in [0.3, 0.4) is 0 Å². The summed E-state index contributed by atoms with van der Waals surface area (Å²) in [7, 11) is 3.99. The SMILES string of the molecule is CNCc1nc(N(C)C(C)CCSC)ccc1Cl.